The molecule has 2 heterocycles. The van der Waals surface area contributed by atoms with E-state index in [0.717, 1.165) is 31.0 Å². The molecule has 116 valence electrons. The molecule has 21 heavy (non-hydrogen) atoms. The summed E-state index contributed by atoms with van der Waals surface area (Å²) < 4.78 is 6.45. The Hall–Kier alpha value is -0.570. The number of rotatable bonds is 1. The Kier molecular flexibility index (Phi) is 3.63. The van der Waals surface area contributed by atoms with Gasteiger partial charge in [0.2, 0.25) is 0 Å². The summed E-state index contributed by atoms with van der Waals surface area (Å²) in [7, 11) is 0. The van der Waals surface area contributed by atoms with Crippen LogP contribution in [0, 0.1) is 5.41 Å². The third kappa shape index (κ3) is 2.52. The number of hydrogen-bond donors (Lipinski definition) is 1. The Morgan fingerprint density at radius 2 is 2.00 bits per heavy atom. The molecule has 2 atom stereocenters. The van der Waals surface area contributed by atoms with Crippen LogP contribution in [0.25, 0.3) is 0 Å². The first-order chi connectivity index (χ1) is 9.76. The van der Waals surface area contributed by atoms with Crippen LogP contribution in [-0.4, -0.2) is 24.3 Å². The third-order valence-electron chi connectivity index (χ3n) is 5.49. The molecule has 0 amide bonds. The standard InChI is InChI=1S/C18H26ClNO/c1-16(2)12-18(17(3,4)21-16)8-9-20-11-15(18)13-6-5-7-14(19)10-13/h5-7,10,15,20H,8-9,11-12H2,1-4H3. The summed E-state index contributed by atoms with van der Waals surface area (Å²) >= 11 is 6.23. The predicted octanol–water partition coefficient (Wildman–Crippen LogP) is 4.38. The molecule has 0 saturated carbocycles. The van der Waals surface area contributed by atoms with Crippen LogP contribution < -0.4 is 5.32 Å². The topological polar surface area (TPSA) is 21.3 Å². The van der Waals surface area contributed by atoms with Crippen molar-refractivity contribution < 1.29 is 4.74 Å². The highest BCUT2D eigenvalue weighted by molar-refractivity contribution is 6.30. The molecule has 1 aromatic carbocycles. The van der Waals surface area contributed by atoms with Crippen LogP contribution in [0.3, 0.4) is 0 Å². The Labute approximate surface area is 133 Å². The van der Waals surface area contributed by atoms with Crippen molar-refractivity contribution in [3.8, 4) is 0 Å². The van der Waals surface area contributed by atoms with Gasteiger partial charge in [-0.05, 0) is 64.8 Å². The molecule has 1 aromatic rings. The lowest BCUT2D eigenvalue weighted by atomic mass is 9.58. The molecule has 3 heteroatoms. The summed E-state index contributed by atoms with van der Waals surface area (Å²) in [6, 6.07) is 8.36. The summed E-state index contributed by atoms with van der Waals surface area (Å²) in [5.41, 5.74) is 1.33. The third-order valence-corrected chi connectivity index (χ3v) is 5.72. The Morgan fingerprint density at radius 1 is 1.24 bits per heavy atom. The fourth-order valence-corrected chi connectivity index (χ4v) is 5.02. The van der Waals surface area contributed by atoms with E-state index < -0.39 is 0 Å². The molecule has 2 aliphatic rings. The largest absolute Gasteiger partial charge is 0.369 e. The second-order valence-corrected chi connectivity index (χ2v) is 8.20. The van der Waals surface area contributed by atoms with Gasteiger partial charge in [0.1, 0.15) is 0 Å². The minimum absolute atomic E-state index is 0.0579. The van der Waals surface area contributed by atoms with Crippen LogP contribution in [0.2, 0.25) is 5.02 Å². The van der Waals surface area contributed by atoms with Gasteiger partial charge in [0.25, 0.3) is 0 Å². The second-order valence-electron chi connectivity index (χ2n) is 7.77. The van der Waals surface area contributed by atoms with Crippen LogP contribution in [0.4, 0.5) is 0 Å². The van der Waals surface area contributed by atoms with Crippen molar-refractivity contribution in [3.63, 3.8) is 0 Å². The summed E-state index contributed by atoms with van der Waals surface area (Å²) in [6.07, 6.45) is 2.26. The van der Waals surface area contributed by atoms with E-state index in [9.17, 15) is 0 Å². The number of hydrogen-bond acceptors (Lipinski definition) is 2. The maximum atomic E-state index is 6.45. The van der Waals surface area contributed by atoms with E-state index in [2.05, 4.69) is 51.2 Å². The first kappa shape index (κ1) is 15.3. The summed E-state index contributed by atoms with van der Waals surface area (Å²) in [6.45, 7) is 11.1. The monoisotopic (exact) mass is 307 g/mol. The van der Waals surface area contributed by atoms with Crippen molar-refractivity contribution in [1.29, 1.82) is 0 Å². The van der Waals surface area contributed by atoms with Crippen molar-refractivity contribution in [2.75, 3.05) is 13.1 Å². The molecule has 3 rings (SSSR count). The number of halogens is 1. The van der Waals surface area contributed by atoms with E-state index >= 15 is 0 Å². The highest BCUT2D eigenvalue weighted by Gasteiger charge is 2.61. The number of benzene rings is 1. The molecule has 0 aromatic heterocycles. The number of nitrogens with one attached hydrogen (secondary N) is 1. The van der Waals surface area contributed by atoms with Gasteiger partial charge in [-0.3, -0.25) is 0 Å². The van der Waals surface area contributed by atoms with Gasteiger partial charge in [0, 0.05) is 22.9 Å². The molecule has 1 spiro atoms. The first-order valence-corrected chi connectivity index (χ1v) is 8.30. The van der Waals surface area contributed by atoms with Crippen molar-refractivity contribution in [2.45, 2.75) is 57.7 Å². The summed E-state index contributed by atoms with van der Waals surface area (Å²) in [5.74, 6) is 0.446. The molecule has 2 saturated heterocycles. The summed E-state index contributed by atoms with van der Waals surface area (Å²) in [5, 5.41) is 4.39. The molecule has 2 nitrogen and oxygen atoms in total. The van der Waals surface area contributed by atoms with E-state index in [1.165, 1.54) is 5.56 Å². The maximum absolute atomic E-state index is 6.45. The Balaban J connectivity index is 2.06. The SMILES string of the molecule is CC1(C)CC2(CCNCC2c2cccc(Cl)c2)C(C)(C)O1. The predicted molar refractivity (Wildman–Crippen MR) is 88.0 cm³/mol. The van der Waals surface area contributed by atoms with Gasteiger partial charge in [-0.25, -0.2) is 0 Å². The van der Waals surface area contributed by atoms with Gasteiger partial charge >= 0.3 is 0 Å². The van der Waals surface area contributed by atoms with Gasteiger partial charge < -0.3 is 10.1 Å². The lowest BCUT2D eigenvalue weighted by Gasteiger charge is -2.49. The highest BCUT2D eigenvalue weighted by atomic mass is 35.5. The zero-order valence-corrected chi connectivity index (χ0v) is 14.3. The average Bonchev–Trinajstić information content (AvgIpc) is 2.54. The molecule has 0 radical (unpaired) electrons. The van der Waals surface area contributed by atoms with Gasteiger partial charge in [0.15, 0.2) is 0 Å². The molecule has 2 aliphatic heterocycles. The van der Waals surface area contributed by atoms with Crippen LogP contribution >= 0.6 is 11.6 Å². The van der Waals surface area contributed by atoms with Gasteiger partial charge in [0.05, 0.1) is 11.2 Å². The lowest BCUT2D eigenvalue weighted by molar-refractivity contribution is -0.104. The van der Waals surface area contributed by atoms with Crippen molar-refractivity contribution in [1.82, 2.24) is 5.32 Å². The normalized spacial score (nSPS) is 34.2. The second kappa shape index (κ2) is 4.97. The molecule has 0 bridgehead atoms. The van der Waals surface area contributed by atoms with Gasteiger partial charge in [-0.1, -0.05) is 23.7 Å². The fourth-order valence-electron chi connectivity index (χ4n) is 4.82. The Morgan fingerprint density at radius 3 is 2.62 bits per heavy atom. The minimum Gasteiger partial charge on any atom is -0.369 e. The van der Waals surface area contributed by atoms with Crippen LogP contribution in [0.15, 0.2) is 24.3 Å². The lowest BCUT2D eigenvalue weighted by Crippen LogP contribution is -2.52. The first-order valence-electron chi connectivity index (χ1n) is 7.92. The van der Waals surface area contributed by atoms with Crippen LogP contribution in [-0.2, 0) is 4.74 Å². The van der Waals surface area contributed by atoms with Crippen molar-refractivity contribution in [2.24, 2.45) is 5.41 Å². The molecular weight excluding hydrogens is 282 g/mol. The molecule has 1 N–H and O–H groups in total. The zero-order valence-electron chi connectivity index (χ0n) is 13.5. The Bertz CT molecular complexity index is 540. The van der Waals surface area contributed by atoms with Gasteiger partial charge in [-0.15, -0.1) is 0 Å². The molecule has 2 unspecified atom stereocenters. The maximum Gasteiger partial charge on any atom is 0.0697 e. The minimum atomic E-state index is -0.119. The molecule has 2 fully saturated rings. The smallest absolute Gasteiger partial charge is 0.0697 e. The van der Waals surface area contributed by atoms with Gasteiger partial charge in [-0.2, -0.15) is 0 Å². The molecular formula is C18H26ClNO. The number of piperidine rings is 1. The van der Waals surface area contributed by atoms with Crippen LogP contribution in [0.5, 0.6) is 0 Å². The van der Waals surface area contributed by atoms with Crippen molar-refractivity contribution in [3.05, 3.63) is 34.9 Å². The van der Waals surface area contributed by atoms with E-state index in [-0.39, 0.29) is 16.6 Å². The van der Waals surface area contributed by atoms with Crippen molar-refractivity contribution >= 4 is 11.6 Å². The molecule has 0 aliphatic carbocycles. The van der Waals surface area contributed by atoms with E-state index in [1.807, 2.05) is 6.07 Å². The average molecular weight is 308 g/mol. The van der Waals surface area contributed by atoms with E-state index in [1.54, 1.807) is 0 Å². The quantitative estimate of drug-likeness (QED) is 0.831. The fraction of sp³-hybridized carbons (Fsp3) is 0.667. The number of ether oxygens (including phenoxy) is 1. The zero-order chi connectivity index (χ0) is 15.3. The summed E-state index contributed by atoms with van der Waals surface area (Å²) in [4.78, 5) is 0. The van der Waals surface area contributed by atoms with E-state index in [0.29, 0.717) is 5.92 Å². The van der Waals surface area contributed by atoms with E-state index in [4.69, 9.17) is 16.3 Å². The highest BCUT2D eigenvalue weighted by Crippen LogP contribution is 2.60. The van der Waals surface area contributed by atoms with Crippen LogP contribution in [0.1, 0.15) is 52.0 Å².